The van der Waals surface area contributed by atoms with Gasteiger partial charge in [-0.15, -0.1) is 0 Å². The Morgan fingerprint density at radius 3 is 3.00 bits per heavy atom. The van der Waals surface area contributed by atoms with Crippen LogP contribution in [0.5, 0.6) is 0 Å². The molecular weight excluding hydrogens is 212 g/mol. The van der Waals surface area contributed by atoms with Gasteiger partial charge in [-0.05, 0) is 30.5 Å². The second-order valence-electron chi connectivity index (χ2n) is 4.53. The zero-order chi connectivity index (χ0) is 11.8. The van der Waals surface area contributed by atoms with Crippen molar-refractivity contribution >= 4 is 0 Å². The van der Waals surface area contributed by atoms with Crippen molar-refractivity contribution in [2.75, 3.05) is 0 Å². The highest BCUT2D eigenvalue weighted by atomic mass is 16.3. The predicted molar refractivity (Wildman–Crippen MR) is 65.7 cm³/mol. The highest BCUT2D eigenvalue weighted by Gasteiger charge is 2.33. The Morgan fingerprint density at radius 2 is 2.24 bits per heavy atom. The van der Waals surface area contributed by atoms with Gasteiger partial charge in [-0.3, -0.25) is 4.68 Å². The third kappa shape index (κ3) is 1.58. The number of nitrogens with zero attached hydrogens (tertiary/aromatic N) is 2. The van der Waals surface area contributed by atoms with Crippen molar-refractivity contribution < 1.29 is 5.11 Å². The maximum Gasteiger partial charge on any atom is 0.103 e. The molecule has 1 N–H and O–H groups in total. The Bertz CT molecular complexity index is 533. The summed E-state index contributed by atoms with van der Waals surface area (Å²) in [6.07, 6.45) is 2.28. The summed E-state index contributed by atoms with van der Waals surface area (Å²) in [5.41, 5.74) is 3.56. The van der Waals surface area contributed by atoms with E-state index in [0.717, 1.165) is 18.7 Å². The molecule has 1 aliphatic rings. The van der Waals surface area contributed by atoms with Gasteiger partial charge < -0.3 is 5.11 Å². The molecule has 2 atom stereocenters. The van der Waals surface area contributed by atoms with Crippen molar-refractivity contribution in [3.05, 3.63) is 53.3 Å². The molecule has 1 aromatic carbocycles. The lowest BCUT2D eigenvalue weighted by Gasteiger charge is -2.34. The number of aliphatic hydroxyl groups is 1. The van der Waals surface area contributed by atoms with Crippen LogP contribution in [-0.4, -0.2) is 14.9 Å². The van der Waals surface area contributed by atoms with Gasteiger partial charge in [-0.2, -0.15) is 5.10 Å². The van der Waals surface area contributed by atoms with E-state index < -0.39 is 6.10 Å². The van der Waals surface area contributed by atoms with Gasteiger partial charge in [0, 0.05) is 18.7 Å². The summed E-state index contributed by atoms with van der Waals surface area (Å²) in [4.78, 5) is 0. The summed E-state index contributed by atoms with van der Waals surface area (Å²) >= 11 is 0. The van der Waals surface area contributed by atoms with E-state index in [2.05, 4.69) is 23.3 Å². The third-order valence-corrected chi connectivity index (χ3v) is 3.63. The van der Waals surface area contributed by atoms with Crippen LogP contribution in [0.15, 0.2) is 36.5 Å². The van der Waals surface area contributed by atoms with Gasteiger partial charge in [-0.25, -0.2) is 0 Å². The molecular formula is C14H16N2O. The number of aryl methyl sites for hydroxylation is 1. The van der Waals surface area contributed by atoms with E-state index >= 15 is 0 Å². The molecule has 1 heterocycles. The minimum Gasteiger partial charge on any atom is -0.386 e. The lowest BCUT2D eigenvalue weighted by atomic mass is 9.74. The van der Waals surface area contributed by atoms with Gasteiger partial charge in [0.2, 0.25) is 0 Å². The van der Waals surface area contributed by atoms with Crippen LogP contribution in [0.1, 0.15) is 35.8 Å². The normalized spacial score (nSPS) is 19.5. The second kappa shape index (κ2) is 4.00. The van der Waals surface area contributed by atoms with Gasteiger partial charge in [0.25, 0.3) is 0 Å². The van der Waals surface area contributed by atoms with Crippen molar-refractivity contribution in [1.29, 1.82) is 0 Å². The summed E-state index contributed by atoms with van der Waals surface area (Å²) in [6, 6.07) is 10.2. The molecule has 0 saturated heterocycles. The van der Waals surface area contributed by atoms with Crippen LogP contribution in [0.4, 0.5) is 0 Å². The maximum absolute atomic E-state index is 10.4. The molecule has 88 valence electrons. The summed E-state index contributed by atoms with van der Waals surface area (Å²) in [7, 11) is 0. The van der Waals surface area contributed by atoms with Gasteiger partial charge in [0.1, 0.15) is 6.10 Å². The Morgan fingerprint density at radius 1 is 1.41 bits per heavy atom. The highest BCUT2D eigenvalue weighted by molar-refractivity contribution is 5.41. The van der Waals surface area contributed by atoms with Crippen LogP contribution in [0.3, 0.4) is 0 Å². The fraction of sp³-hybridized carbons (Fsp3) is 0.357. The van der Waals surface area contributed by atoms with Gasteiger partial charge in [-0.1, -0.05) is 24.3 Å². The minimum absolute atomic E-state index is 0.230. The zero-order valence-electron chi connectivity index (χ0n) is 9.87. The van der Waals surface area contributed by atoms with Crippen molar-refractivity contribution in [2.45, 2.75) is 31.9 Å². The molecule has 1 aromatic heterocycles. The molecule has 0 fully saturated rings. The molecule has 3 heteroatoms. The first-order valence-corrected chi connectivity index (χ1v) is 6.09. The molecule has 0 aliphatic heterocycles. The Kier molecular flexibility index (Phi) is 2.48. The largest absolute Gasteiger partial charge is 0.386 e. The lowest BCUT2D eigenvalue weighted by Crippen LogP contribution is -2.25. The monoisotopic (exact) mass is 228 g/mol. The van der Waals surface area contributed by atoms with E-state index in [0.29, 0.717) is 0 Å². The van der Waals surface area contributed by atoms with Crippen LogP contribution in [0.25, 0.3) is 0 Å². The SMILES string of the molecule is CCn1nccc1C(O)C1Cc2ccccc21. The smallest absolute Gasteiger partial charge is 0.103 e. The van der Waals surface area contributed by atoms with E-state index in [4.69, 9.17) is 0 Å². The predicted octanol–water partition coefficient (Wildman–Crippen LogP) is 2.28. The standard InChI is InChI=1S/C14H16N2O/c1-2-16-13(7-8-15-16)14(17)12-9-10-5-3-4-6-11(10)12/h3-8,12,14,17H,2,9H2,1H3. The van der Waals surface area contributed by atoms with Gasteiger partial charge >= 0.3 is 0 Å². The molecule has 2 unspecified atom stereocenters. The molecule has 0 amide bonds. The third-order valence-electron chi connectivity index (χ3n) is 3.63. The van der Waals surface area contributed by atoms with Crippen molar-refractivity contribution in [3.63, 3.8) is 0 Å². The summed E-state index contributed by atoms with van der Waals surface area (Å²) in [5, 5.41) is 14.6. The quantitative estimate of drug-likeness (QED) is 0.875. The first-order valence-electron chi connectivity index (χ1n) is 6.09. The first kappa shape index (κ1) is 10.5. The molecule has 0 saturated carbocycles. The van der Waals surface area contributed by atoms with E-state index in [9.17, 15) is 5.11 Å². The van der Waals surface area contributed by atoms with Crippen LogP contribution in [0.2, 0.25) is 0 Å². The van der Waals surface area contributed by atoms with Crippen LogP contribution >= 0.6 is 0 Å². The maximum atomic E-state index is 10.4. The Labute approximate surface area is 101 Å². The fourth-order valence-corrected chi connectivity index (χ4v) is 2.64. The van der Waals surface area contributed by atoms with Crippen molar-refractivity contribution in [2.24, 2.45) is 0 Å². The number of fused-ring (bicyclic) bond motifs is 1. The van der Waals surface area contributed by atoms with Gasteiger partial charge in [0.05, 0.1) is 5.69 Å². The molecule has 3 nitrogen and oxygen atoms in total. The van der Waals surface area contributed by atoms with E-state index in [1.54, 1.807) is 6.20 Å². The molecule has 3 rings (SSSR count). The average Bonchev–Trinajstić information content (AvgIpc) is 2.78. The molecule has 0 radical (unpaired) electrons. The number of benzene rings is 1. The van der Waals surface area contributed by atoms with Crippen LogP contribution < -0.4 is 0 Å². The number of hydrogen-bond donors (Lipinski definition) is 1. The highest BCUT2D eigenvalue weighted by Crippen LogP contribution is 2.43. The molecule has 0 bridgehead atoms. The summed E-state index contributed by atoms with van der Waals surface area (Å²) in [6.45, 7) is 2.84. The topological polar surface area (TPSA) is 38.0 Å². The van der Waals surface area contributed by atoms with Crippen LogP contribution in [-0.2, 0) is 13.0 Å². The number of aliphatic hydroxyl groups excluding tert-OH is 1. The molecule has 2 aromatic rings. The summed E-state index contributed by atoms with van der Waals surface area (Å²) in [5.74, 6) is 0.230. The second-order valence-corrected chi connectivity index (χ2v) is 4.53. The van der Waals surface area contributed by atoms with E-state index in [1.165, 1.54) is 11.1 Å². The van der Waals surface area contributed by atoms with Gasteiger partial charge in [0.15, 0.2) is 0 Å². The van der Waals surface area contributed by atoms with Crippen molar-refractivity contribution in [1.82, 2.24) is 9.78 Å². The zero-order valence-corrected chi connectivity index (χ0v) is 9.87. The molecule has 0 spiro atoms. The lowest BCUT2D eigenvalue weighted by molar-refractivity contribution is 0.125. The minimum atomic E-state index is -0.438. The molecule has 1 aliphatic carbocycles. The fourth-order valence-electron chi connectivity index (χ4n) is 2.64. The number of hydrogen-bond acceptors (Lipinski definition) is 2. The Balaban J connectivity index is 1.88. The van der Waals surface area contributed by atoms with Crippen LogP contribution in [0, 0.1) is 0 Å². The Hall–Kier alpha value is -1.61. The van der Waals surface area contributed by atoms with E-state index in [1.807, 2.05) is 23.7 Å². The van der Waals surface area contributed by atoms with E-state index in [-0.39, 0.29) is 5.92 Å². The number of aromatic nitrogens is 2. The average molecular weight is 228 g/mol. The summed E-state index contributed by atoms with van der Waals surface area (Å²) < 4.78 is 1.87. The molecule has 17 heavy (non-hydrogen) atoms. The number of rotatable bonds is 3. The van der Waals surface area contributed by atoms with Crippen molar-refractivity contribution in [3.8, 4) is 0 Å². The first-order chi connectivity index (χ1) is 8.31.